The van der Waals surface area contributed by atoms with Crippen LogP contribution >= 0.6 is 0 Å². The lowest BCUT2D eigenvalue weighted by molar-refractivity contribution is -0.222. The zero-order chi connectivity index (χ0) is 17.5. The maximum absolute atomic E-state index is 13.0. The van der Waals surface area contributed by atoms with E-state index in [1.165, 1.54) is 4.90 Å². The van der Waals surface area contributed by atoms with Gasteiger partial charge < -0.3 is 24.0 Å². The normalized spacial score (nSPS) is 29.6. The molecule has 1 N–H and O–H groups in total. The lowest BCUT2D eigenvalue weighted by atomic mass is 10.0. The van der Waals surface area contributed by atoms with Crippen molar-refractivity contribution < 1.29 is 24.2 Å². The van der Waals surface area contributed by atoms with E-state index in [0.717, 1.165) is 0 Å². The van der Waals surface area contributed by atoms with Crippen LogP contribution < -0.4 is 0 Å². The van der Waals surface area contributed by atoms with Crippen LogP contribution in [-0.2, 0) is 32.2 Å². The van der Waals surface area contributed by atoms with Crippen LogP contribution in [0.25, 0.3) is 0 Å². The van der Waals surface area contributed by atoms with Gasteiger partial charge in [0.2, 0.25) is 0 Å². The summed E-state index contributed by atoms with van der Waals surface area (Å²) in [6.07, 6.45) is 3.36. The Bertz CT molecular complexity index is 644. The van der Waals surface area contributed by atoms with Crippen LogP contribution in [0.4, 0.5) is 0 Å². The molecule has 0 saturated carbocycles. The Hall–Kier alpha value is -1.93. The molecule has 0 radical (unpaired) electrons. The summed E-state index contributed by atoms with van der Waals surface area (Å²) in [6, 6.07) is 0. The second-order valence-electron chi connectivity index (χ2n) is 7.28. The number of imidazole rings is 1. The summed E-state index contributed by atoms with van der Waals surface area (Å²) in [7, 11) is 0. The molecule has 8 nitrogen and oxygen atoms in total. The molecule has 1 aromatic heterocycles. The van der Waals surface area contributed by atoms with Crippen LogP contribution in [0.1, 0.15) is 26.6 Å². The highest BCUT2D eigenvalue weighted by Gasteiger charge is 2.45. The molecule has 3 heterocycles. The lowest BCUT2D eigenvalue weighted by Crippen LogP contribution is -2.58. The van der Waals surface area contributed by atoms with Gasteiger partial charge in [0, 0.05) is 25.5 Å². The van der Waals surface area contributed by atoms with Crippen LogP contribution in [0.5, 0.6) is 0 Å². The molecule has 2 atom stereocenters. The molecule has 3 rings (SSSR count). The van der Waals surface area contributed by atoms with E-state index in [1.54, 1.807) is 23.9 Å². The Kier molecular flexibility index (Phi) is 4.13. The fraction of sp³-hybridized carbons (Fsp3) is 0.688. The van der Waals surface area contributed by atoms with Gasteiger partial charge in [-0.15, -0.1) is 0 Å². The van der Waals surface area contributed by atoms with Crippen LogP contribution in [-0.4, -0.2) is 62.4 Å². The molecule has 2 unspecified atom stereocenters. The molecule has 0 spiro atoms. The lowest BCUT2D eigenvalue weighted by Gasteiger charge is -2.42. The van der Waals surface area contributed by atoms with Crippen molar-refractivity contribution in [2.24, 2.45) is 5.92 Å². The van der Waals surface area contributed by atoms with Crippen molar-refractivity contribution in [2.75, 3.05) is 19.8 Å². The molecule has 1 amide bonds. The number of fused-ring (bicyclic) bond motifs is 1. The maximum Gasteiger partial charge on any atom is 0.310 e. The molecular formula is C16H23N3O5. The first-order chi connectivity index (χ1) is 11.2. The molecule has 0 bridgehead atoms. The summed E-state index contributed by atoms with van der Waals surface area (Å²) in [5.74, 6) is -1.20. The number of carbonyl (C=O) groups excluding carboxylic acids is 1. The quantitative estimate of drug-likeness (QED) is 0.845. The molecule has 8 heteroatoms. The number of amides is 1. The summed E-state index contributed by atoms with van der Waals surface area (Å²) >= 11 is 0. The van der Waals surface area contributed by atoms with Crippen molar-refractivity contribution in [3.05, 3.63) is 18.2 Å². The van der Waals surface area contributed by atoms with Crippen molar-refractivity contribution >= 4 is 11.9 Å². The summed E-state index contributed by atoms with van der Waals surface area (Å²) in [6.45, 7) is 6.63. The minimum absolute atomic E-state index is 0.125. The van der Waals surface area contributed by atoms with Gasteiger partial charge in [0.05, 0.1) is 31.3 Å². The van der Waals surface area contributed by atoms with E-state index in [4.69, 9.17) is 9.47 Å². The number of hydrogen-bond donors (Lipinski definition) is 1. The Labute approximate surface area is 140 Å². The van der Waals surface area contributed by atoms with Crippen molar-refractivity contribution in [3.8, 4) is 0 Å². The van der Waals surface area contributed by atoms with Gasteiger partial charge >= 0.3 is 5.97 Å². The van der Waals surface area contributed by atoms with E-state index in [9.17, 15) is 14.7 Å². The van der Waals surface area contributed by atoms with Crippen LogP contribution in [0.3, 0.4) is 0 Å². The number of carboxylic acid groups (broad SMARTS) is 1. The minimum Gasteiger partial charge on any atom is -0.481 e. The van der Waals surface area contributed by atoms with Crippen LogP contribution in [0.15, 0.2) is 12.4 Å². The van der Waals surface area contributed by atoms with E-state index in [1.807, 2.05) is 13.8 Å². The smallest absolute Gasteiger partial charge is 0.310 e. The molecule has 1 saturated heterocycles. The number of carboxylic acids is 1. The van der Waals surface area contributed by atoms with Crippen molar-refractivity contribution in [2.45, 2.75) is 45.1 Å². The molecule has 1 aromatic rings. The molecule has 2 aliphatic rings. The van der Waals surface area contributed by atoms with Gasteiger partial charge in [-0.3, -0.25) is 9.59 Å². The Morgan fingerprint density at radius 3 is 2.62 bits per heavy atom. The monoisotopic (exact) mass is 337 g/mol. The molecule has 0 aromatic carbocycles. The van der Waals surface area contributed by atoms with E-state index in [0.29, 0.717) is 19.0 Å². The number of ether oxygens (including phenoxy) is 2. The molecule has 24 heavy (non-hydrogen) atoms. The van der Waals surface area contributed by atoms with Gasteiger partial charge in [-0.1, -0.05) is 0 Å². The first-order valence-corrected chi connectivity index (χ1v) is 8.00. The summed E-state index contributed by atoms with van der Waals surface area (Å²) in [4.78, 5) is 30.3. The number of nitrogens with zero attached hydrogens (tertiary/aromatic N) is 3. The Balaban J connectivity index is 1.82. The second-order valence-corrected chi connectivity index (χ2v) is 7.28. The van der Waals surface area contributed by atoms with Crippen molar-refractivity contribution in [3.63, 3.8) is 0 Å². The average molecular weight is 337 g/mol. The van der Waals surface area contributed by atoms with Gasteiger partial charge in [0.25, 0.3) is 5.91 Å². The summed E-state index contributed by atoms with van der Waals surface area (Å²) < 4.78 is 13.3. The SMILES string of the molecule is CC1(C)COC(C)(C(=O)N2Cc3nccn3CC(C(=O)O)C2)CO1. The first kappa shape index (κ1) is 16.9. The second kappa shape index (κ2) is 5.86. The van der Waals surface area contributed by atoms with Gasteiger partial charge in [0.15, 0.2) is 5.60 Å². The Morgan fingerprint density at radius 1 is 1.25 bits per heavy atom. The van der Waals surface area contributed by atoms with Crippen molar-refractivity contribution in [1.82, 2.24) is 14.5 Å². The third-order valence-corrected chi connectivity index (χ3v) is 4.56. The minimum atomic E-state index is -1.11. The highest BCUT2D eigenvalue weighted by Crippen LogP contribution is 2.28. The predicted molar refractivity (Wildman–Crippen MR) is 83.2 cm³/mol. The zero-order valence-corrected chi connectivity index (χ0v) is 14.2. The highest BCUT2D eigenvalue weighted by atomic mass is 16.6. The molecular weight excluding hydrogens is 314 g/mol. The van der Waals surface area contributed by atoms with Gasteiger partial charge in [-0.05, 0) is 20.8 Å². The molecule has 132 valence electrons. The summed E-state index contributed by atoms with van der Waals surface area (Å²) in [5, 5.41) is 9.44. The van der Waals surface area contributed by atoms with Gasteiger partial charge in [0.1, 0.15) is 5.82 Å². The van der Waals surface area contributed by atoms with Crippen LogP contribution in [0, 0.1) is 5.92 Å². The van der Waals surface area contributed by atoms with E-state index in [2.05, 4.69) is 4.98 Å². The predicted octanol–water partition coefficient (Wildman–Crippen LogP) is 0.510. The number of carbonyl (C=O) groups is 2. The fourth-order valence-electron chi connectivity index (χ4n) is 2.97. The summed E-state index contributed by atoms with van der Waals surface area (Å²) in [5.41, 5.74) is -1.54. The number of hydrogen-bond acceptors (Lipinski definition) is 5. The third kappa shape index (κ3) is 3.16. The third-order valence-electron chi connectivity index (χ3n) is 4.56. The van der Waals surface area contributed by atoms with Gasteiger partial charge in [-0.2, -0.15) is 0 Å². The van der Waals surface area contributed by atoms with Crippen LogP contribution in [0.2, 0.25) is 0 Å². The van der Waals surface area contributed by atoms with E-state index in [-0.39, 0.29) is 25.6 Å². The topological polar surface area (TPSA) is 93.9 Å². The molecule has 2 aliphatic heterocycles. The van der Waals surface area contributed by atoms with E-state index < -0.39 is 23.1 Å². The largest absolute Gasteiger partial charge is 0.481 e. The standard InChI is InChI=1S/C16H23N3O5/c1-15(2)9-24-16(3,10-23-15)14(22)19-7-11(13(20)21)6-18-5-4-17-12(18)8-19/h4-5,11H,6-10H2,1-3H3,(H,20,21). The molecule has 1 fully saturated rings. The van der Waals surface area contributed by atoms with E-state index >= 15 is 0 Å². The molecule has 0 aliphatic carbocycles. The highest BCUT2D eigenvalue weighted by molar-refractivity contribution is 5.85. The van der Waals surface area contributed by atoms with Crippen molar-refractivity contribution in [1.29, 1.82) is 0 Å². The van der Waals surface area contributed by atoms with Gasteiger partial charge in [-0.25, -0.2) is 4.98 Å². The number of aliphatic carboxylic acids is 1. The maximum atomic E-state index is 13.0. The zero-order valence-electron chi connectivity index (χ0n) is 14.2. The first-order valence-electron chi connectivity index (χ1n) is 8.00. The Morgan fingerprint density at radius 2 is 2.00 bits per heavy atom. The number of aromatic nitrogens is 2. The fourth-order valence-corrected chi connectivity index (χ4v) is 2.97. The number of rotatable bonds is 2. The average Bonchev–Trinajstić information content (AvgIpc) is 2.87.